The van der Waals surface area contributed by atoms with E-state index in [1.165, 1.54) is 12.0 Å². The summed E-state index contributed by atoms with van der Waals surface area (Å²) in [6, 6.07) is 17.5. The zero-order chi connectivity index (χ0) is 28.5. The molecule has 2 aromatic heterocycles. The van der Waals surface area contributed by atoms with Crippen LogP contribution in [0.5, 0.6) is 0 Å². The first-order valence-electron chi connectivity index (χ1n) is 14.8. The van der Waals surface area contributed by atoms with Crippen molar-refractivity contribution in [3.05, 3.63) is 72.6 Å². The van der Waals surface area contributed by atoms with Crippen LogP contribution in [0.15, 0.2) is 60.9 Å². The van der Waals surface area contributed by atoms with E-state index in [4.69, 9.17) is 0 Å². The summed E-state index contributed by atoms with van der Waals surface area (Å²) in [6.07, 6.45) is 7.62. The van der Waals surface area contributed by atoms with Crippen LogP contribution in [0.1, 0.15) is 78.0 Å². The summed E-state index contributed by atoms with van der Waals surface area (Å²) in [5, 5.41) is 3.49. The van der Waals surface area contributed by atoms with Gasteiger partial charge in [-0.25, -0.2) is 9.97 Å². The molecule has 4 aromatic rings. The lowest BCUT2D eigenvalue weighted by atomic mass is 10.0. The monoisotopic (exact) mass is 540 g/mol. The van der Waals surface area contributed by atoms with E-state index in [-0.39, 0.29) is 5.91 Å². The molecule has 0 radical (unpaired) electrons. The molecular formula is C33H44N6O. The normalized spacial score (nSPS) is 14.7. The average Bonchev–Trinajstić information content (AvgIpc) is 3.76. The van der Waals surface area contributed by atoms with Gasteiger partial charge in [-0.3, -0.25) is 4.79 Å². The summed E-state index contributed by atoms with van der Waals surface area (Å²) in [4.78, 5) is 30.6. The molecule has 0 spiro atoms. The van der Waals surface area contributed by atoms with E-state index >= 15 is 0 Å². The number of carbonyl (C=O) groups is 1. The first-order valence-corrected chi connectivity index (χ1v) is 14.8. The number of imidazole rings is 2. The van der Waals surface area contributed by atoms with E-state index in [1.807, 2.05) is 31.1 Å². The molecule has 40 heavy (non-hydrogen) atoms. The topological polar surface area (TPSA) is 89.7 Å². The van der Waals surface area contributed by atoms with E-state index in [0.717, 1.165) is 65.7 Å². The van der Waals surface area contributed by atoms with Gasteiger partial charge in [-0.2, -0.15) is 0 Å². The van der Waals surface area contributed by atoms with Gasteiger partial charge in [-0.05, 0) is 54.0 Å². The Labute approximate surface area is 238 Å². The number of aromatic amines is 2. The number of H-pyrrole nitrogens is 2. The molecule has 3 N–H and O–H groups in total. The van der Waals surface area contributed by atoms with Gasteiger partial charge in [0.2, 0.25) is 5.91 Å². The molecule has 1 saturated heterocycles. The minimum Gasteiger partial charge on any atom is -0.341 e. The van der Waals surface area contributed by atoms with Gasteiger partial charge in [0.05, 0.1) is 36.4 Å². The Morgan fingerprint density at radius 3 is 2.02 bits per heavy atom. The van der Waals surface area contributed by atoms with Crippen LogP contribution >= 0.6 is 0 Å². The first-order chi connectivity index (χ1) is 19.5. The van der Waals surface area contributed by atoms with Gasteiger partial charge >= 0.3 is 0 Å². The standard InChI is InChI=1S/C31H38N6O.C2H6/c1-4-16-37(30(38)17-21(2)3)20-29-33-18-27(35-29)24-11-7-22(8-12-24)23-9-13-25(14-10-23)28-19-34-31(36-28)26-6-5-15-32-26;1-2/h7-14,18-19,21,26,32H,4-6,15-17,20H2,1-3H3,(H,33,35)(H,34,36);1-2H3. The van der Waals surface area contributed by atoms with Crippen LogP contribution in [-0.4, -0.2) is 43.8 Å². The van der Waals surface area contributed by atoms with Crippen molar-refractivity contribution < 1.29 is 4.79 Å². The molecule has 7 nitrogen and oxygen atoms in total. The van der Waals surface area contributed by atoms with Gasteiger partial charge in [-0.1, -0.05) is 83.1 Å². The van der Waals surface area contributed by atoms with Crippen LogP contribution in [-0.2, 0) is 11.3 Å². The van der Waals surface area contributed by atoms with Crippen LogP contribution in [0.25, 0.3) is 33.6 Å². The molecule has 1 fully saturated rings. The number of hydrogen-bond acceptors (Lipinski definition) is 4. The van der Waals surface area contributed by atoms with Crippen molar-refractivity contribution in [2.24, 2.45) is 5.92 Å². The Balaban J connectivity index is 0.00000181. The van der Waals surface area contributed by atoms with Crippen LogP contribution < -0.4 is 5.32 Å². The van der Waals surface area contributed by atoms with Gasteiger partial charge in [0.25, 0.3) is 0 Å². The van der Waals surface area contributed by atoms with E-state index in [1.54, 1.807) is 0 Å². The van der Waals surface area contributed by atoms with Gasteiger partial charge in [0, 0.05) is 13.0 Å². The maximum atomic E-state index is 12.6. The molecule has 1 aliphatic rings. The number of nitrogens with one attached hydrogen (secondary N) is 3. The molecule has 2 aromatic carbocycles. The van der Waals surface area contributed by atoms with E-state index in [2.05, 4.69) is 94.6 Å². The van der Waals surface area contributed by atoms with Crippen molar-refractivity contribution in [1.29, 1.82) is 0 Å². The predicted octanol–water partition coefficient (Wildman–Crippen LogP) is 7.37. The lowest BCUT2D eigenvalue weighted by Gasteiger charge is -2.22. The zero-order valence-corrected chi connectivity index (χ0v) is 24.6. The van der Waals surface area contributed by atoms with E-state index < -0.39 is 0 Å². The summed E-state index contributed by atoms with van der Waals surface area (Å²) in [7, 11) is 0. The van der Waals surface area contributed by atoms with Crippen molar-refractivity contribution in [2.75, 3.05) is 13.1 Å². The van der Waals surface area contributed by atoms with Crippen molar-refractivity contribution >= 4 is 5.91 Å². The lowest BCUT2D eigenvalue weighted by molar-refractivity contribution is -0.132. The SMILES string of the molecule is CC.CCCN(Cc1ncc(-c2ccc(-c3ccc(-c4cnc(C5CCCN5)[nH]4)cc3)cc2)[nH]1)C(=O)CC(C)C. The molecule has 7 heteroatoms. The van der Waals surface area contributed by atoms with Gasteiger partial charge in [-0.15, -0.1) is 0 Å². The Morgan fingerprint density at radius 1 is 0.900 bits per heavy atom. The zero-order valence-electron chi connectivity index (χ0n) is 24.6. The van der Waals surface area contributed by atoms with Crippen molar-refractivity contribution in [2.45, 2.75) is 72.9 Å². The molecule has 1 atom stereocenters. The van der Waals surface area contributed by atoms with Crippen LogP contribution in [0.2, 0.25) is 0 Å². The second-order valence-electron chi connectivity index (χ2n) is 10.6. The number of hydrogen-bond donors (Lipinski definition) is 3. The number of benzene rings is 2. The quantitative estimate of drug-likeness (QED) is 0.196. The number of nitrogens with zero attached hydrogens (tertiary/aromatic N) is 3. The molecular weight excluding hydrogens is 496 g/mol. The fourth-order valence-electron chi connectivity index (χ4n) is 5.07. The van der Waals surface area contributed by atoms with Crippen LogP contribution in [0, 0.1) is 5.92 Å². The third-order valence-corrected chi connectivity index (χ3v) is 7.11. The molecule has 0 aliphatic carbocycles. The fourth-order valence-corrected chi connectivity index (χ4v) is 5.07. The third kappa shape index (κ3) is 7.27. The Morgan fingerprint density at radius 2 is 1.48 bits per heavy atom. The van der Waals surface area contributed by atoms with Crippen molar-refractivity contribution in [3.8, 4) is 33.6 Å². The lowest BCUT2D eigenvalue weighted by Crippen LogP contribution is -2.32. The second-order valence-corrected chi connectivity index (χ2v) is 10.6. The number of rotatable bonds is 10. The smallest absolute Gasteiger partial charge is 0.223 e. The highest BCUT2D eigenvalue weighted by Crippen LogP contribution is 2.28. The van der Waals surface area contributed by atoms with Gasteiger partial charge in [0.1, 0.15) is 11.6 Å². The Bertz CT molecular complexity index is 1330. The van der Waals surface area contributed by atoms with E-state index in [0.29, 0.717) is 24.9 Å². The molecule has 1 amide bonds. The van der Waals surface area contributed by atoms with Crippen LogP contribution in [0.3, 0.4) is 0 Å². The molecule has 1 unspecified atom stereocenters. The summed E-state index contributed by atoms with van der Waals surface area (Å²) in [6.45, 7) is 12.6. The van der Waals surface area contributed by atoms with Gasteiger partial charge in [0.15, 0.2) is 0 Å². The second kappa shape index (κ2) is 14.1. The fraction of sp³-hybridized carbons (Fsp3) is 0.424. The van der Waals surface area contributed by atoms with Crippen molar-refractivity contribution in [1.82, 2.24) is 30.2 Å². The minimum absolute atomic E-state index is 0.189. The van der Waals surface area contributed by atoms with Gasteiger partial charge < -0.3 is 20.2 Å². The highest BCUT2D eigenvalue weighted by molar-refractivity contribution is 5.76. The molecule has 3 heterocycles. The summed E-state index contributed by atoms with van der Waals surface area (Å²) in [5.74, 6) is 2.38. The maximum absolute atomic E-state index is 12.6. The number of aromatic nitrogens is 4. The molecule has 0 saturated carbocycles. The molecule has 0 bridgehead atoms. The molecule has 212 valence electrons. The molecule has 5 rings (SSSR count). The highest BCUT2D eigenvalue weighted by Gasteiger charge is 2.19. The Kier molecular flexibility index (Phi) is 10.3. The maximum Gasteiger partial charge on any atom is 0.223 e. The van der Waals surface area contributed by atoms with Crippen LogP contribution in [0.4, 0.5) is 0 Å². The largest absolute Gasteiger partial charge is 0.341 e. The Hall–Kier alpha value is -3.71. The van der Waals surface area contributed by atoms with E-state index in [9.17, 15) is 4.79 Å². The van der Waals surface area contributed by atoms with Crippen molar-refractivity contribution in [3.63, 3.8) is 0 Å². The minimum atomic E-state index is 0.189. The summed E-state index contributed by atoms with van der Waals surface area (Å²) >= 11 is 0. The summed E-state index contributed by atoms with van der Waals surface area (Å²) < 4.78 is 0. The number of carbonyl (C=O) groups excluding carboxylic acids is 1. The highest BCUT2D eigenvalue weighted by atomic mass is 16.2. The molecule has 1 aliphatic heterocycles. The average molecular weight is 541 g/mol. The third-order valence-electron chi connectivity index (χ3n) is 7.11. The predicted molar refractivity (Wildman–Crippen MR) is 164 cm³/mol. The number of amides is 1. The first kappa shape index (κ1) is 29.3. The summed E-state index contributed by atoms with van der Waals surface area (Å²) in [5.41, 5.74) is 6.55.